The molecule has 0 aliphatic heterocycles. The van der Waals surface area contributed by atoms with Crippen LogP contribution >= 0.6 is 0 Å². The summed E-state index contributed by atoms with van der Waals surface area (Å²) in [5, 5.41) is 7.38. The smallest absolute Gasteiger partial charge is 0.255 e. The van der Waals surface area contributed by atoms with Crippen molar-refractivity contribution >= 4 is 15.7 Å². The summed E-state index contributed by atoms with van der Waals surface area (Å²) in [7, 11) is -3.48. The van der Waals surface area contributed by atoms with Crippen LogP contribution < -0.4 is 5.32 Å². The summed E-state index contributed by atoms with van der Waals surface area (Å²) in [6.45, 7) is 2.00. The molecule has 1 amide bonds. The highest BCUT2D eigenvalue weighted by molar-refractivity contribution is 7.91. The number of nitrogens with one attached hydrogen (secondary N) is 1. The molecule has 6 nitrogen and oxygen atoms in total. The largest absolute Gasteiger partial charge is 0.351 e. The highest BCUT2D eigenvalue weighted by atomic mass is 32.2. The van der Waals surface area contributed by atoms with Crippen molar-refractivity contribution in [2.24, 2.45) is 0 Å². The molecule has 0 unspecified atom stereocenters. The van der Waals surface area contributed by atoms with Gasteiger partial charge in [-0.3, -0.25) is 4.79 Å². The standard InChI is InChI=1S/C25H23N3O3S/c1-19-12-14-21(15-13-19)28-18-23(24(27-28)20-8-4-2-5-9-20)25(29)26-16-17-32(30,31)22-10-6-3-7-11-22/h2-15,18H,16-17H2,1H3,(H,26,29). The molecule has 1 N–H and O–H groups in total. The molecule has 7 heteroatoms. The molecule has 0 saturated heterocycles. The number of benzene rings is 3. The van der Waals surface area contributed by atoms with E-state index in [0.717, 1.165) is 16.8 Å². The number of aromatic nitrogens is 2. The third-order valence-corrected chi connectivity index (χ3v) is 6.80. The molecule has 0 aliphatic rings. The zero-order valence-corrected chi connectivity index (χ0v) is 18.4. The molecule has 162 valence electrons. The maximum Gasteiger partial charge on any atom is 0.255 e. The number of hydrogen-bond acceptors (Lipinski definition) is 4. The van der Waals surface area contributed by atoms with Crippen LogP contribution in [0.5, 0.6) is 0 Å². The van der Waals surface area contributed by atoms with E-state index in [0.29, 0.717) is 11.3 Å². The highest BCUT2D eigenvalue weighted by Crippen LogP contribution is 2.24. The first-order chi connectivity index (χ1) is 15.4. The van der Waals surface area contributed by atoms with E-state index in [4.69, 9.17) is 0 Å². The van der Waals surface area contributed by atoms with Crippen molar-refractivity contribution in [3.8, 4) is 16.9 Å². The lowest BCUT2D eigenvalue weighted by Gasteiger charge is -2.07. The summed E-state index contributed by atoms with van der Waals surface area (Å²) in [6.07, 6.45) is 1.67. The van der Waals surface area contributed by atoms with Gasteiger partial charge in [0.2, 0.25) is 0 Å². The third-order valence-electron chi connectivity index (χ3n) is 5.06. The van der Waals surface area contributed by atoms with E-state index in [1.807, 2.05) is 61.5 Å². The maximum absolute atomic E-state index is 13.0. The van der Waals surface area contributed by atoms with Gasteiger partial charge in [0.15, 0.2) is 9.84 Å². The summed E-state index contributed by atoms with van der Waals surface area (Å²) in [5.74, 6) is -0.555. The first-order valence-corrected chi connectivity index (χ1v) is 11.9. The minimum absolute atomic E-state index is 0.00000231. The van der Waals surface area contributed by atoms with E-state index in [9.17, 15) is 13.2 Å². The number of rotatable bonds is 7. The van der Waals surface area contributed by atoms with Gasteiger partial charge in [-0.2, -0.15) is 5.10 Å². The average molecular weight is 446 g/mol. The van der Waals surface area contributed by atoms with Crippen LogP contribution in [0, 0.1) is 6.92 Å². The van der Waals surface area contributed by atoms with Gasteiger partial charge in [-0.15, -0.1) is 0 Å². The van der Waals surface area contributed by atoms with Crippen LogP contribution in [-0.4, -0.2) is 36.4 Å². The fraction of sp³-hybridized carbons (Fsp3) is 0.120. The van der Waals surface area contributed by atoms with Crippen molar-refractivity contribution < 1.29 is 13.2 Å². The van der Waals surface area contributed by atoms with E-state index in [-0.39, 0.29) is 23.1 Å². The van der Waals surface area contributed by atoms with Crippen molar-refractivity contribution in [1.82, 2.24) is 15.1 Å². The van der Waals surface area contributed by atoms with E-state index in [1.165, 1.54) is 0 Å². The molecule has 0 saturated carbocycles. The van der Waals surface area contributed by atoms with Gasteiger partial charge in [0.05, 0.1) is 21.9 Å². The Bertz CT molecular complexity index is 1310. The summed E-state index contributed by atoms with van der Waals surface area (Å²) < 4.78 is 26.6. The molecular formula is C25H23N3O3S. The second-order valence-corrected chi connectivity index (χ2v) is 9.53. The summed E-state index contributed by atoms with van der Waals surface area (Å²) in [4.78, 5) is 13.2. The molecule has 32 heavy (non-hydrogen) atoms. The van der Waals surface area contributed by atoms with Gasteiger partial charge in [-0.05, 0) is 31.2 Å². The number of carbonyl (C=O) groups excluding carboxylic acids is 1. The number of carbonyl (C=O) groups is 1. The Hall–Kier alpha value is -3.71. The second-order valence-electron chi connectivity index (χ2n) is 7.43. The fourth-order valence-electron chi connectivity index (χ4n) is 3.32. The van der Waals surface area contributed by atoms with Crippen LogP contribution in [0.2, 0.25) is 0 Å². The predicted octanol–water partition coefficient (Wildman–Crippen LogP) is 4.05. The zero-order valence-electron chi connectivity index (χ0n) is 17.6. The quantitative estimate of drug-likeness (QED) is 0.465. The average Bonchev–Trinajstić information content (AvgIpc) is 3.26. The molecule has 0 atom stereocenters. The Morgan fingerprint density at radius 3 is 2.19 bits per heavy atom. The van der Waals surface area contributed by atoms with Crippen LogP contribution in [0.3, 0.4) is 0 Å². The molecule has 1 aromatic heterocycles. The molecule has 0 fully saturated rings. The molecular weight excluding hydrogens is 422 g/mol. The van der Waals surface area contributed by atoms with Gasteiger partial charge in [0.25, 0.3) is 5.91 Å². The Kier molecular flexibility index (Phi) is 6.18. The van der Waals surface area contributed by atoms with E-state index >= 15 is 0 Å². The number of amides is 1. The van der Waals surface area contributed by atoms with Crippen molar-refractivity contribution in [3.05, 3.63) is 102 Å². The Labute approximate surface area is 187 Å². The van der Waals surface area contributed by atoms with Crippen molar-refractivity contribution in [2.45, 2.75) is 11.8 Å². The normalized spacial score (nSPS) is 11.3. The van der Waals surface area contributed by atoms with Gasteiger partial charge >= 0.3 is 0 Å². The number of aryl methyl sites for hydroxylation is 1. The van der Waals surface area contributed by atoms with Crippen LogP contribution in [0.1, 0.15) is 15.9 Å². The van der Waals surface area contributed by atoms with Gasteiger partial charge in [-0.25, -0.2) is 13.1 Å². The van der Waals surface area contributed by atoms with Gasteiger partial charge in [0.1, 0.15) is 5.69 Å². The Morgan fingerprint density at radius 2 is 1.53 bits per heavy atom. The van der Waals surface area contributed by atoms with Crippen molar-refractivity contribution in [1.29, 1.82) is 0 Å². The molecule has 0 aliphatic carbocycles. The van der Waals surface area contributed by atoms with E-state index in [2.05, 4.69) is 10.4 Å². The van der Waals surface area contributed by atoms with Crippen molar-refractivity contribution in [3.63, 3.8) is 0 Å². The third kappa shape index (κ3) is 4.78. The Morgan fingerprint density at radius 1 is 0.906 bits per heavy atom. The lowest BCUT2D eigenvalue weighted by molar-refractivity contribution is 0.0956. The summed E-state index contributed by atoms with van der Waals surface area (Å²) in [5.41, 5.74) is 3.68. The molecule has 4 rings (SSSR count). The van der Waals surface area contributed by atoms with Crippen LogP contribution in [-0.2, 0) is 9.84 Å². The van der Waals surface area contributed by atoms with E-state index in [1.54, 1.807) is 41.2 Å². The molecule has 0 spiro atoms. The first-order valence-electron chi connectivity index (χ1n) is 10.2. The monoisotopic (exact) mass is 445 g/mol. The minimum Gasteiger partial charge on any atom is -0.351 e. The lowest BCUT2D eigenvalue weighted by atomic mass is 10.1. The van der Waals surface area contributed by atoms with Crippen molar-refractivity contribution in [2.75, 3.05) is 12.3 Å². The minimum atomic E-state index is -3.48. The molecule has 0 bridgehead atoms. The van der Waals surface area contributed by atoms with Crippen LogP contribution in [0.4, 0.5) is 0 Å². The maximum atomic E-state index is 13.0. The molecule has 4 aromatic rings. The molecule has 1 heterocycles. The molecule has 3 aromatic carbocycles. The van der Waals surface area contributed by atoms with Crippen LogP contribution in [0.25, 0.3) is 16.9 Å². The van der Waals surface area contributed by atoms with Crippen LogP contribution in [0.15, 0.2) is 96.0 Å². The zero-order chi connectivity index (χ0) is 22.6. The summed E-state index contributed by atoms with van der Waals surface area (Å²) >= 11 is 0. The van der Waals surface area contributed by atoms with Gasteiger partial charge in [-0.1, -0.05) is 66.2 Å². The Balaban J connectivity index is 1.57. The fourth-order valence-corrected chi connectivity index (χ4v) is 4.50. The van der Waals surface area contributed by atoms with E-state index < -0.39 is 9.84 Å². The SMILES string of the molecule is Cc1ccc(-n2cc(C(=O)NCCS(=O)(=O)c3ccccc3)c(-c3ccccc3)n2)cc1. The second kappa shape index (κ2) is 9.20. The summed E-state index contributed by atoms with van der Waals surface area (Å²) in [6, 6.07) is 25.5. The number of hydrogen-bond donors (Lipinski definition) is 1. The number of nitrogens with zero attached hydrogens (tertiary/aromatic N) is 2. The highest BCUT2D eigenvalue weighted by Gasteiger charge is 2.20. The lowest BCUT2D eigenvalue weighted by Crippen LogP contribution is -2.29. The predicted molar refractivity (Wildman–Crippen MR) is 125 cm³/mol. The first kappa shape index (κ1) is 21.5. The van der Waals surface area contributed by atoms with Gasteiger partial charge in [0, 0.05) is 18.3 Å². The topological polar surface area (TPSA) is 81.1 Å². The van der Waals surface area contributed by atoms with Gasteiger partial charge < -0.3 is 5.32 Å². The number of sulfone groups is 1. The molecule has 0 radical (unpaired) electrons.